The largest absolute Gasteiger partial charge is 0.389 e. The van der Waals surface area contributed by atoms with Gasteiger partial charge in [0.05, 0.1) is 17.1 Å². The normalized spacial score (nSPS) is 20.6. The lowest BCUT2D eigenvalue weighted by Gasteiger charge is -2.19. The number of ether oxygens (including phenoxy) is 1. The van der Waals surface area contributed by atoms with Gasteiger partial charge in [-0.3, -0.25) is 10.1 Å². The Morgan fingerprint density at radius 3 is 2.84 bits per heavy atom. The minimum absolute atomic E-state index is 0.0372. The third-order valence-corrected chi connectivity index (χ3v) is 3.50. The second kappa shape index (κ2) is 5.54. The van der Waals surface area contributed by atoms with Gasteiger partial charge in [-0.15, -0.1) is 0 Å². The maximum Gasteiger partial charge on any atom is 0.292 e. The summed E-state index contributed by atoms with van der Waals surface area (Å²) in [5, 5.41) is 20.7. The molecule has 0 saturated carbocycles. The van der Waals surface area contributed by atoms with Crippen molar-refractivity contribution in [1.82, 2.24) is 0 Å². The van der Waals surface area contributed by atoms with Crippen LogP contribution in [0, 0.1) is 10.1 Å². The van der Waals surface area contributed by atoms with Crippen LogP contribution in [0.1, 0.15) is 25.0 Å². The highest BCUT2D eigenvalue weighted by atomic mass is 16.6. The van der Waals surface area contributed by atoms with Gasteiger partial charge in [-0.1, -0.05) is 6.07 Å². The summed E-state index contributed by atoms with van der Waals surface area (Å²) in [6.45, 7) is 2.99. The van der Waals surface area contributed by atoms with Gasteiger partial charge in [0.2, 0.25) is 0 Å². The molecule has 1 N–H and O–H groups in total. The molecule has 1 heterocycles. The molecule has 0 bridgehead atoms. The molecule has 0 aliphatic carbocycles. The van der Waals surface area contributed by atoms with Crippen LogP contribution in [0.5, 0.6) is 0 Å². The molecule has 1 fully saturated rings. The van der Waals surface area contributed by atoms with E-state index in [1.807, 2.05) is 4.90 Å². The van der Waals surface area contributed by atoms with E-state index in [1.165, 1.54) is 6.07 Å². The molecule has 6 heteroatoms. The second-order valence-electron chi connectivity index (χ2n) is 4.77. The van der Waals surface area contributed by atoms with Gasteiger partial charge >= 0.3 is 0 Å². The quantitative estimate of drug-likeness (QED) is 0.665. The van der Waals surface area contributed by atoms with Crippen LogP contribution < -0.4 is 4.90 Å². The molecule has 2 rings (SSSR count). The summed E-state index contributed by atoms with van der Waals surface area (Å²) in [7, 11) is 1.65. The molecule has 2 unspecified atom stereocenters. The summed E-state index contributed by atoms with van der Waals surface area (Å²) in [5.74, 6) is 0. The number of aliphatic hydroxyl groups excluding tert-OH is 1. The van der Waals surface area contributed by atoms with Gasteiger partial charge in [-0.2, -0.15) is 0 Å². The van der Waals surface area contributed by atoms with Crippen molar-refractivity contribution in [1.29, 1.82) is 0 Å². The average molecular weight is 266 g/mol. The Kier molecular flexibility index (Phi) is 4.01. The molecule has 104 valence electrons. The van der Waals surface area contributed by atoms with Crippen molar-refractivity contribution in [2.45, 2.75) is 25.6 Å². The monoisotopic (exact) mass is 266 g/mol. The number of benzene rings is 1. The molecule has 1 aliphatic rings. The van der Waals surface area contributed by atoms with Gasteiger partial charge < -0.3 is 14.7 Å². The molecule has 1 saturated heterocycles. The van der Waals surface area contributed by atoms with Crippen molar-refractivity contribution in [3.05, 3.63) is 33.9 Å². The van der Waals surface area contributed by atoms with E-state index in [1.54, 1.807) is 26.2 Å². The third-order valence-electron chi connectivity index (χ3n) is 3.50. The SMILES string of the molecule is COC1CCN(c2ccc(C(C)O)cc2[N+](=O)[O-])C1. The first-order chi connectivity index (χ1) is 9.02. The van der Waals surface area contributed by atoms with Crippen LogP contribution in [0.15, 0.2) is 18.2 Å². The zero-order chi connectivity index (χ0) is 14.0. The number of nitro groups is 1. The van der Waals surface area contributed by atoms with E-state index < -0.39 is 11.0 Å². The van der Waals surface area contributed by atoms with Crippen molar-refractivity contribution in [3.8, 4) is 0 Å². The number of hydrogen-bond donors (Lipinski definition) is 1. The van der Waals surface area contributed by atoms with Crippen LogP contribution in [0.4, 0.5) is 11.4 Å². The summed E-state index contributed by atoms with van der Waals surface area (Å²) in [6.07, 6.45) is 0.278. The van der Waals surface area contributed by atoms with Crippen molar-refractivity contribution in [2.75, 3.05) is 25.1 Å². The molecule has 0 radical (unpaired) electrons. The number of nitro benzene ring substituents is 1. The van der Waals surface area contributed by atoms with Gasteiger partial charge in [0.15, 0.2) is 0 Å². The summed E-state index contributed by atoms with van der Waals surface area (Å²) in [4.78, 5) is 12.7. The van der Waals surface area contributed by atoms with E-state index in [4.69, 9.17) is 4.74 Å². The zero-order valence-electron chi connectivity index (χ0n) is 11.1. The van der Waals surface area contributed by atoms with Crippen LogP contribution in [0.3, 0.4) is 0 Å². The van der Waals surface area contributed by atoms with Crippen molar-refractivity contribution in [2.24, 2.45) is 0 Å². The van der Waals surface area contributed by atoms with Gasteiger partial charge in [-0.05, 0) is 25.0 Å². The van der Waals surface area contributed by atoms with E-state index in [-0.39, 0.29) is 11.8 Å². The highest BCUT2D eigenvalue weighted by Crippen LogP contribution is 2.33. The van der Waals surface area contributed by atoms with Crippen LogP contribution in [-0.4, -0.2) is 36.3 Å². The Morgan fingerprint density at radius 1 is 1.58 bits per heavy atom. The Balaban J connectivity index is 2.32. The first-order valence-electron chi connectivity index (χ1n) is 6.27. The van der Waals surface area contributed by atoms with Gasteiger partial charge in [0.1, 0.15) is 5.69 Å². The lowest BCUT2D eigenvalue weighted by Crippen LogP contribution is -2.23. The topological polar surface area (TPSA) is 75.8 Å². The van der Waals surface area contributed by atoms with E-state index in [0.717, 1.165) is 13.0 Å². The van der Waals surface area contributed by atoms with Crippen molar-refractivity contribution in [3.63, 3.8) is 0 Å². The highest BCUT2D eigenvalue weighted by Gasteiger charge is 2.27. The summed E-state index contributed by atoms with van der Waals surface area (Å²) >= 11 is 0. The maximum absolute atomic E-state index is 11.2. The van der Waals surface area contributed by atoms with Crippen molar-refractivity contribution >= 4 is 11.4 Å². The first-order valence-corrected chi connectivity index (χ1v) is 6.27. The number of nitrogens with zero attached hydrogens (tertiary/aromatic N) is 2. The molecule has 6 nitrogen and oxygen atoms in total. The molecule has 1 aromatic carbocycles. The lowest BCUT2D eigenvalue weighted by atomic mass is 10.1. The van der Waals surface area contributed by atoms with Crippen LogP contribution in [0.25, 0.3) is 0 Å². The molecule has 0 spiro atoms. The third kappa shape index (κ3) is 2.85. The number of rotatable bonds is 4. The molecular formula is C13H18N2O4. The Morgan fingerprint density at radius 2 is 2.32 bits per heavy atom. The van der Waals surface area contributed by atoms with Crippen molar-refractivity contribution < 1.29 is 14.8 Å². The fourth-order valence-corrected chi connectivity index (χ4v) is 2.35. The van der Waals surface area contributed by atoms with E-state index in [9.17, 15) is 15.2 Å². The fourth-order valence-electron chi connectivity index (χ4n) is 2.35. The number of anilines is 1. The minimum Gasteiger partial charge on any atom is -0.389 e. The molecule has 2 atom stereocenters. The standard InChI is InChI=1S/C13H18N2O4/c1-9(16)10-3-4-12(13(7-10)15(17)18)14-6-5-11(8-14)19-2/h3-4,7,9,11,16H,5-6,8H2,1-2H3. The van der Waals surface area contributed by atoms with Crippen LogP contribution in [0.2, 0.25) is 0 Å². The molecule has 0 amide bonds. The van der Waals surface area contributed by atoms with Crippen LogP contribution in [-0.2, 0) is 4.74 Å². The van der Waals surface area contributed by atoms with E-state index in [2.05, 4.69) is 0 Å². The lowest BCUT2D eigenvalue weighted by molar-refractivity contribution is -0.384. The molecule has 19 heavy (non-hydrogen) atoms. The Bertz CT molecular complexity index is 476. The Labute approximate surface area is 111 Å². The summed E-state index contributed by atoms with van der Waals surface area (Å²) in [5.41, 5.74) is 1.18. The van der Waals surface area contributed by atoms with Gasteiger partial charge in [-0.25, -0.2) is 0 Å². The molecule has 0 aromatic heterocycles. The number of aliphatic hydroxyl groups is 1. The fraction of sp³-hybridized carbons (Fsp3) is 0.538. The number of methoxy groups -OCH3 is 1. The number of hydrogen-bond acceptors (Lipinski definition) is 5. The smallest absolute Gasteiger partial charge is 0.292 e. The van der Waals surface area contributed by atoms with Crippen LogP contribution >= 0.6 is 0 Å². The zero-order valence-corrected chi connectivity index (χ0v) is 11.1. The molecule has 1 aliphatic heterocycles. The second-order valence-corrected chi connectivity index (χ2v) is 4.77. The average Bonchev–Trinajstić information content (AvgIpc) is 2.86. The predicted molar refractivity (Wildman–Crippen MR) is 71.4 cm³/mol. The minimum atomic E-state index is -0.710. The van der Waals surface area contributed by atoms with E-state index in [0.29, 0.717) is 17.8 Å². The molecule has 1 aromatic rings. The van der Waals surface area contributed by atoms with Gasteiger partial charge in [0, 0.05) is 26.3 Å². The van der Waals surface area contributed by atoms with Gasteiger partial charge in [0.25, 0.3) is 5.69 Å². The Hall–Kier alpha value is -1.66. The molecular weight excluding hydrogens is 248 g/mol. The van der Waals surface area contributed by atoms with E-state index >= 15 is 0 Å². The summed E-state index contributed by atoms with van der Waals surface area (Å²) < 4.78 is 5.27. The summed E-state index contributed by atoms with van der Waals surface area (Å²) in [6, 6.07) is 4.88. The highest BCUT2D eigenvalue weighted by molar-refractivity contribution is 5.65. The first kappa shape index (κ1) is 13.8. The maximum atomic E-state index is 11.2. The predicted octanol–water partition coefficient (Wildman–Crippen LogP) is 1.87.